The topological polar surface area (TPSA) is 46.6 Å². The van der Waals surface area contributed by atoms with E-state index in [1.54, 1.807) is 0 Å². The summed E-state index contributed by atoms with van der Waals surface area (Å²) in [6, 6.07) is 4.53. The maximum Gasteiger partial charge on any atom is 0.345 e. The number of benzene rings is 1. The summed E-state index contributed by atoms with van der Waals surface area (Å²) >= 11 is 0. The highest BCUT2D eigenvalue weighted by molar-refractivity contribution is 6.42. The number of hydrogen-bond acceptors (Lipinski definition) is 3. The standard InChI is InChI=1S/C12H10F3NO3/c13-8-3-1-7(2-4-8)10(17)11(18)16-5-9(6-16)19-12(14)15/h1-4,9,12H,5-6H2. The first kappa shape index (κ1) is 13.5. The average Bonchev–Trinajstić information content (AvgIpc) is 2.32. The summed E-state index contributed by atoms with van der Waals surface area (Å²) in [6.07, 6.45) is -0.745. The zero-order valence-corrected chi connectivity index (χ0v) is 9.68. The number of likely N-dealkylation sites (tertiary alicyclic amines) is 1. The summed E-state index contributed by atoms with van der Waals surface area (Å²) in [4.78, 5) is 24.5. The summed E-state index contributed by atoms with van der Waals surface area (Å²) < 4.78 is 40.6. The van der Waals surface area contributed by atoms with Gasteiger partial charge in [-0.25, -0.2) is 4.39 Å². The van der Waals surface area contributed by atoms with Crippen LogP contribution in [-0.2, 0) is 9.53 Å². The lowest BCUT2D eigenvalue weighted by Gasteiger charge is -2.37. The lowest BCUT2D eigenvalue weighted by Crippen LogP contribution is -2.57. The van der Waals surface area contributed by atoms with Crippen molar-refractivity contribution < 1.29 is 27.5 Å². The van der Waals surface area contributed by atoms with Gasteiger partial charge < -0.3 is 9.64 Å². The normalized spacial score (nSPS) is 15.5. The molecule has 4 nitrogen and oxygen atoms in total. The highest BCUT2D eigenvalue weighted by Gasteiger charge is 2.36. The molecule has 102 valence electrons. The number of carbonyl (C=O) groups is 2. The third-order valence-electron chi connectivity index (χ3n) is 2.73. The van der Waals surface area contributed by atoms with Crippen molar-refractivity contribution in [3.05, 3.63) is 35.6 Å². The van der Waals surface area contributed by atoms with Crippen LogP contribution in [0.15, 0.2) is 24.3 Å². The lowest BCUT2D eigenvalue weighted by atomic mass is 10.1. The van der Waals surface area contributed by atoms with Crippen LogP contribution >= 0.6 is 0 Å². The summed E-state index contributed by atoms with van der Waals surface area (Å²) in [6.45, 7) is -2.98. The van der Waals surface area contributed by atoms with Gasteiger partial charge in [0, 0.05) is 18.7 Å². The molecular formula is C12H10F3NO3. The number of rotatable bonds is 4. The van der Waals surface area contributed by atoms with Crippen LogP contribution in [0.1, 0.15) is 10.4 Å². The molecule has 0 aromatic heterocycles. The van der Waals surface area contributed by atoms with Gasteiger partial charge in [0.05, 0.1) is 6.10 Å². The number of ether oxygens (including phenoxy) is 1. The molecule has 1 aliphatic heterocycles. The Morgan fingerprint density at radius 2 is 1.79 bits per heavy atom. The van der Waals surface area contributed by atoms with Crippen LogP contribution in [0.3, 0.4) is 0 Å². The predicted octanol–water partition coefficient (Wildman–Crippen LogP) is 1.46. The van der Waals surface area contributed by atoms with E-state index in [0.29, 0.717) is 0 Å². The third kappa shape index (κ3) is 3.11. The lowest BCUT2D eigenvalue weighted by molar-refractivity contribution is -0.197. The summed E-state index contributed by atoms with van der Waals surface area (Å²) in [5.74, 6) is -2.12. The molecule has 0 radical (unpaired) electrons. The monoisotopic (exact) mass is 273 g/mol. The molecule has 7 heteroatoms. The molecule has 1 saturated heterocycles. The molecule has 1 aromatic carbocycles. The Kier molecular flexibility index (Phi) is 3.84. The summed E-state index contributed by atoms with van der Waals surface area (Å²) in [7, 11) is 0. The highest BCUT2D eigenvalue weighted by Crippen LogP contribution is 2.16. The molecule has 1 heterocycles. The Hall–Kier alpha value is -1.89. The Labute approximate surface area is 106 Å². The van der Waals surface area contributed by atoms with Gasteiger partial charge in [0.25, 0.3) is 5.91 Å². The Balaban J connectivity index is 1.91. The fourth-order valence-electron chi connectivity index (χ4n) is 1.70. The molecule has 0 aliphatic carbocycles. The quantitative estimate of drug-likeness (QED) is 0.616. The van der Waals surface area contributed by atoms with E-state index in [4.69, 9.17) is 0 Å². The van der Waals surface area contributed by atoms with Gasteiger partial charge in [-0.1, -0.05) is 0 Å². The Morgan fingerprint density at radius 1 is 1.21 bits per heavy atom. The van der Waals surface area contributed by atoms with Gasteiger partial charge in [0.2, 0.25) is 5.78 Å². The van der Waals surface area contributed by atoms with Gasteiger partial charge in [0.1, 0.15) is 5.82 Å². The number of carbonyl (C=O) groups excluding carboxylic acids is 2. The van der Waals surface area contributed by atoms with Gasteiger partial charge in [-0.3, -0.25) is 9.59 Å². The van der Waals surface area contributed by atoms with Crippen molar-refractivity contribution in [1.29, 1.82) is 0 Å². The average molecular weight is 273 g/mol. The number of ketones is 1. The molecule has 1 fully saturated rings. The van der Waals surface area contributed by atoms with Crippen molar-refractivity contribution in [2.45, 2.75) is 12.7 Å². The molecule has 0 unspecified atom stereocenters. The molecule has 0 atom stereocenters. The van der Waals surface area contributed by atoms with Crippen molar-refractivity contribution in [3.8, 4) is 0 Å². The van der Waals surface area contributed by atoms with Crippen molar-refractivity contribution in [1.82, 2.24) is 4.90 Å². The minimum Gasteiger partial charge on any atom is -0.330 e. The largest absolute Gasteiger partial charge is 0.345 e. The van der Waals surface area contributed by atoms with Crippen LogP contribution in [-0.4, -0.2) is 42.4 Å². The summed E-state index contributed by atoms with van der Waals surface area (Å²) in [5.41, 5.74) is 0.0598. The molecule has 0 N–H and O–H groups in total. The second-order valence-electron chi connectivity index (χ2n) is 4.06. The second kappa shape index (κ2) is 5.40. The zero-order chi connectivity index (χ0) is 14.0. The van der Waals surface area contributed by atoms with E-state index in [2.05, 4.69) is 4.74 Å². The van der Waals surface area contributed by atoms with Crippen LogP contribution in [0.2, 0.25) is 0 Å². The minimum absolute atomic E-state index is 0.0455. The van der Waals surface area contributed by atoms with Crippen molar-refractivity contribution in [3.63, 3.8) is 0 Å². The minimum atomic E-state index is -2.89. The molecule has 2 rings (SSSR count). The van der Waals surface area contributed by atoms with Crippen LogP contribution in [0.5, 0.6) is 0 Å². The van der Waals surface area contributed by atoms with E-state index in [0.717, 1.165) is 17.0 Å². The Bertz CT molecular complexity index is 483. The van der Waals surface area contributed by atoms with Crippen molar-refractivity contribution in [2.75, 3.05) is 13.1 Å². The number of nitrogens with zero attached hydrogens (tertiary/aromatic N) is 1. The van der Waals surface area contributed by atoms with E-state index in [1.807, 2.05) is 0 Å². The molecule has 0 saturated carbocycles. The van der Waals surface area contributed by atoms with E-state index in [-0.39, 0.29) is 18.7 Å². The number of hydrogen-bond donors (Lipinski definition) is 0. The van der Waals surface area contributed by atoms with Gasteiger partial charge >= 0.3 is 6.61 Å². The first-order chi connectivity index (χ1) is 8.97. The molecular weight excluding hydrogens is 263 g/mol. The first-order valence-electron chi connectivity index (χ1n) is 5.50. The number of alkyl halides is 2. The van der Waals surface area contributed by atoms with E-state index < -0.39 is 30.2 Å². The zero-order valence-electron chi connectivity index (χ0n) is 9.68. The summed E-state index contributed by atoms with van der Waals surface area (Å²) in [5, 5.41) is 0. The smallest absolute Gasteiger partial charge is 0.330 e. The molecule has 1 aliphatic rings. The second-order valence-corrected chi connectivity index (χ2v) is 4.06. The molecule has 1 aromatic rings. The van der Waals surface area contributed by atoms with Crippen LogP contribution in [0.25, 0.3) is 0 Å². The number of amides is 1. The molecule has 19 heavy (non-hydrogen) atoms. The number of halogens is 3. The maximum atomic E-state index is 12.7. The van der Waals surface area contributed by atoms with E-state index in [1.165, 1.54) is 12.1 Å². The fourth-order valence-corrected chi connectivity index (χ4v) is 1.70. The maximum absolute atomic E-state index is 12.7. The van der Waals surface area contributed by atoms with Crippen molar-refractivity contribution >= 4 is 11.7 Å². The predicted molar refractivity (Wildman–Crippen MR) is 58.2 cm³/mol. The van der Waals surface area contributed by atoms with E-state index in [9.17, 15) is 22.8 Å². The first-order valence-corrected chi connectivity index (χ1v) is 5.50. The van der Waals surface area contributed by atoms with Gasteiger partial charge in [-0.15, -0.1) is 0 Å². The molecule has 0 spiro atoms. The van der Waals surface area contributed by atoms with Crippen LogP contribution in [0.4, 0.5) is 13.2 Å². The fraction of sp³-hybridized carbons (Fsp3) is 0.333. The van der Waals surface area contributed by atoms with Crippen LogP contribution in [0, 0.1) is 5.82 Å². The van der Waals surface area contributed by atoms with Crippen molar-refractivity contribution in [2.24, 2.45) is 0 Å². The van der Waals surface area contributed by atoms with Gasteiger partial charge in [-0.05, 0) is 24.3 Å². The SMILES string of the molecule is O=C(C(=O)N1CC(OC(F)F)C1)c1ccc(F)cc1. The van der Waals surface area contributed by atoms with Gasteiger partial charge in [0.15, 0.2) is 0 Å². The Morgan fingerprint density at radius 3 is 2.32 bits per heavy atom. The molecule has 1 amide bonds. The molecule has 0 bridgehead atoms. The number of Topliss-reactive ketones (excluding diaryl/α,β-unsaturated/α-hetero) is 1. The van der Waals surface area contributed by atoms with E-state index >= 15 is 0 Å². The third-order valence-corrected chi connectivity index (χ3v) is 2.73. The van der Waals surface area contributed by atoms with Crippen LogP contribution < -0.4 is 0 Å². The van der Waals surface area contributed by atoms with Gasteiger partial charge in [-0.2, -0.15) is 8.78 Å². The highest BCUT2D eigenvalue weighted by atomic mass is 19.3.